The first-order valence-corrected chi connectivity index (χ1v) is 6.10. The van der Waals surface area contributed by atoms with Crippen molar-refractivity contribution in [3.8, 4) is 0 Å². The quantitative estimate of drug-likeness (QED) is 0.863. The fourth-order valence-electron chi connectivity index (χ4n) is 2.30. The summed E-state index contributed by atoms with van der Waals surface area (Å²) in [5, 5.41) is 3.17. The van der Waals surface area contributed by atoms with Crippen molar-refractivity contribution < 1.29 is 4.79 Å². The molecule has 0 radical (unpaired) electrons. The van der Waals surface area contributed by atoms with Gasteiger partial charge in [-0.05, 0) is 18.3 Å². The van der Waals surface area contributed by atoms with E-state index < -0.39 is 0 Å². The molecule has 2 amide bonds. The van der Waals surface area contributed by atoms with E-state index in [0.717, 1.165) is 24.9 Å². The number of carbonyl (C=O) groups is 1. The molecule has 2 heterocycles. The molecule has 1 aliphatic carbocycles. The number of rotatable bonds is 2. The third-order valence-corrected chi connectivity index (χ3v) is 3.71. The topological polar surface area (TPSA) is 58.1 Å². The Labute approximate surface area is 104 Å². The number of carbonyl (C=O) groups excluding carboxylic acids is 1. The molecule has 2 atom stereocenters. The first-order valence-electron chi connectivity index (χ1n) is 5.72. The Kier molecular flexibility index (Phi) is 2.63. The van der Waals surface area contributed by atoms with Gasteiger partial charge >= 0.3 is 6.03 Å². The second kappa shape index (κ2) is 4.14. The predicted molar refractivity (Wildman–Crippen MR) is 62.4 cm³/mol. The molecule has 17 heavy (non-hydrogen) atoms. The van der Waals surface area contributed by atoms with Gasteiger partial charge in [0, 0.05) is 25.5 Å². The molecule has 1 saturated carbocycles. The highest BCUT2D eigenvalue weighted by Crippen LogP contribution is 2.44. The van der Waals surface area contributed by atoms with Gasteiger partial charge in [0.1, 0.15) is 0 Å². The summed E-state index contributed by atoms with van der Waals surface area (Å²) in [7, 11) is 0. The molecule has 0 aromatic carbocycles. The van der Waals surface area contributed by atoms with Crippen LogP contribution in [0.5, 0.6) is 0 Å². The molecule has 1 aliphatic heterocycles. The average Bonchev–Trinajstić information content (AvgIpc) is 2.95. The van der Waals surface area contributed by atoms with E-state index in [-0.39, 0.29) is 6.03 Å². The van der Waals surface area contributed by atoms with Gasteiger partial charge in [0.15, 0.2) is 5.15 Å². The highest BCUT2D eigenvalue weighted by atomic mass is 35.5. The first-order chi connectivity index (χ1) is 8.24. The molecule has 90 valence electrons. The summed E-state index contributed by atoms with van der Waals surface area (Å²) < 4.78 is 0. The van der Waals surface area contributed by atoms with E-state index >= 15 is 0 Å². The largest absolute Gasteiger partial charge is 0.332 e. The number of nitrogens with zero attached hydrogens (tertiary/aromatic N) is 3. The van der Waals surface area contributed by atoms with E-state index in [4.69, 9.17) is 11.6 Å². The van der Waals surface area contributed by atoms with Gasteiger partial charge in [-0.1, -0.05) is 11.6 Å². The molecule has 1 aromatic rings. The van der Waals surface area contributed by atoms with Crippen LogP contribution in [0.1, 0.15) is 12.1 Å². The van der Waals surface area contributed by atoms with Crippen molar-refractivity contribution in [2.45, 2.75) is 13.0 Å². The van der Waals surface area contributed by atoms with Crippen LogP contribution < -0.4 is 5.32 Å². The Morgan fingerprint density at radius 2 is 2.12 bits per heavy atom. The van der Waals surface area contributed by atoms with Gasteiger partial charge in [0.25, 0.3) is 0 Å². The van der Waals surface area contributed by atoms with E-state index in [2.05, 4.69) is 15.3 Å². The van der Waals surface area contributed by atoms with Crippen molar-refractivity contribution in [2.24, 2.45) is 11.8 Å². The van der Waals surface area contributed by atoms with Gasteiger partial charge in [-0.25, -0.2) is 9.78 Å². The number of amides is 2. The fraction of sp³-hybridized carbons (Fsp3) is 0.545. The number of halogens is 1. The minimum absolute atomic E-state index is 0.0288. The van der Waals surface area contributed by atoms with Crippen LogP contribution in [-0.4, -0.2) is 34.0 Å². The zero-order valence-electron chi connectivity index (χ0n) is 9.27. The molecule has 0 spiro atoms. The zero-order valence-corrected chi connectivity index (χ0v) is 10.0. The second-order valence-electron chi connectivity index (χ2n) is 4.61. The van der Waals surface area contributed by atoms with Crippen LogP contribution in [0.3, 0.4) is 0 Å². The average molecular weight is 253 g/mol. The first kappa shape index (κ1) is 10.8. The number of hydrogen-bond donors (Lipinski definition) is 1. The number of likely N-dealkylation sites (tertiary alicyclic amines) is 1. The summed E-state index contributed by atoms with van der Waals surface area (Å²) in [6.07, 6.45) is 4.39. The maximum absolute atomic E-state index is 11.8. The third-order valence-electron chi connectivity index (χ3n) is 3.40. The monoisotopic (exact) mass is 252 g/mol. The fourth-order valence-corrected chi connectivity index (χ4v) is 2.48. The standard InChI is InChI=1S/C11H13ClN4O/c12-10-9(13-1-2-14-10)4-15-11(17)16-5-7-3-8(7)6-16/h1-2,7-8H,3-6H2,(H,15,17)/t7-,8+. The Morgan fingerprint density at radius 3 is 2.82 bits per heavy atom. The van der Waals surface area contributed by atoms with Crippen molar-refractivity contribution in [3.63, 3.8) is 0 Å². The molecule has 2 fully saturated rings. The van der Waals surface area contributed by atoms with Gasteiger partial charge in [-0.2, -0.15) is 0 Å². The summed E-state index contributed by atoms with van der Waals surface area (Å²) in [6, 6.07) is -0.0288. The third kappa shape index (κ3) is 2.20. The lowest BCUT2D eigenvalue weighted by molar-refractivity contribution is 0.203. The van der Waals surface area contributed by atoms with Gasteiger partial charge in [0.05, 0.1) is 12.2 Å². The summed E-state index contributed by atoms with van der Waals surface area (Å²) in [4.78, 5) is 21.7. The van der Waals surface area contributed by atoms with Gasteiger partial charge < -0.3 is 10.2 Å². The number of aromatic nitrogens is 2. The number of fused-ring (bicyclic) bond motifs is 1. The molecular weight excluding hydrogens is 240 g/mol. The second-order valence-corrected chi connectivity index (χ2v) is 4.97. The number of nitrogens with one attached hydrogen (secondary N) is 1. The zero-order chi connectivity index (χ0) is 11.8. The Bertz CT molecular complexity index is 443. The highest BCUT2D eigenvalue weighted by molar-refractivity contribution is 6.29. The summed E-state index contributed by atoms with van der Waals surface area (Å²) in [5.41, 5.74) is 0.604. The van der Waals surface area contributed by atoms with Crippen LogP contribution in [0.4, 0.5) is 4.79 Å². The SMILES string of the molecule is O=C(NCc1nccnc1Cl)N1C[C@H]2C[C@H]2C1. The lowest BCUT2D eigenvalue weighted by atomic mass is 10.4. The molecule has 5 nitrogen and oxygen atoms in total. The van der Waals surface area contributed by atoms with E-state index in [9.17, 15) is 4.79 Å². The summed E-state index contributed by atoms with van der Waals surface area (Å²) in [6.45, 7) is 2.12. The van der Waals surface area contributed by atoms with Crippen molar-refractivity contribution in [1.82, 2.24) is 20.2 Å². The molecule has 0 bridgehead atoms. The van der Waals surface area contributed by atoms with Gasteiger partial charge in [0.2, 0.25) is 0 Å². The number of urea groups is 1. The van der Waals surface area contributed by atoms with Crippen molar-refractivity contribution in [2.75, 3.05) is 13.1 Å². The minimum atomic E-state index is -0.0288. The summed E-state index contributed by atoms with van der Waals surface area (Å²) >= 11 is 5.86. The van der Waals surface area contributed by atoms with Crippen LogP contribution in [0, 0.1) is 11.8 Å². The van der Waals surface area contributed by atoms with Crippen LogP contribution in [0.25, 0.3) is 0 Å². The lowest BCUT2D eigenvalue weighted by Gasteiger charge is -2.18. The van der Waals surface area contributed by atoms with Crippen molar-refractivity contribution in [1.29, 1.82) is 0 Å². The van der Waals surface area contributed by atoms with Crippen LogP contribution in [0.15, 0.2) is 12.4 Å². The smallest absolute Gasteiger partial charge is 0.317 e. The maximum atomic E-state index is 11.8. The molecule has 3 rings (SSSR count). The van der Waals surface area contributed by atoms with Crippen molar-refractivity contribution in [3.05, 3.63) is 23.2 Å². The van der Waals surface area contributed by atoms with E-state index in [1.165, 1.54) is 12.6 Å². The lowest BCUT2D eigenvalue weighted by Crippen LogP contribution is -2.39. The van der Waals surface area contributed by atoms with E-state index in [1.54, 1.807) is 6.20 Å². The molecule has 6 heteroatoms. The Hall–Kier alpha value is -1.36. The molecule has 1 N–H and O–H groups in total. The number of hydrogen-bond acceptors (Lipinski definition) is 3. The van der Waals surface area contributed by atoms with Gasteiger partial charge in [-0.3, -0.25) is 4.98 Å². The van der Waals surface area contributed by atoms with Crippen molar-refractivity contribution >= 4 is 17.6 Å². The molecular formula is C11H13ClN4O. The maximum Gasteiger partial charge on any atom is 0.317 e. The molecule has 1 aromatic heterocycles. The van der Waals surface area contributed by atoms with Crippen LogP contribution >= 0.6 is 11.6 Å². The highest BCUT2D eigenvalue weighted by Gasteiger charge is 2.46. The predicted octanol–water partition coefficient (Wildman–Crippen LogP) is 1.29. The minimum Gasteiger partial charge on any atom is -0.332 e. The van der Waals surface area contributed by atoms with E-state index in [0.29, 0.717) is 17.4 Å². The molecule has 0 unspecified atom stereocenters. The molecule has 2 aliphatic rings. The van der Waals surface area contributed by atoms with Crippen LogP contribution in [0.2, 0.25) is 5.15 Å². The Balaban J connectivity index is 1.54. The summed E-state index contributed by atoms with van der Waals surface area (Å²) in [5.74, 6) is 1.50. The van der Waals surface area contributed by atoms with Gasteiger partial charge in [-0.15, -0.1) is 0 Å². The number of piperidine rings is 1. The van der Waals surface area contributed by atoms with E-state index in [1.807, 2.05) is 4.90 Å². The normalized spacial score (nSPS) is 25.6. The van der Waals surface area contributed by atoms with Crippen LogP contribution in [-0.2, 0) is 6.54 Å². The molecule has 1 saturated heterocycles. The Morgan fingerprint density at radius 1 is 1.41 bits per heavy atom.